The van der Waals surface area contributed by atoms with Gasteiger partial charge >= 0.3 is 0 Å². The third-order valence-corrected chi connectivity index (χ3v) is 4.84. The molecular weight excluding hydrogens is 354 g/mol. The quantitative estimate of drug-likeness (QED) is 0.313. The molecule has 0 aliphatic heterocycles. The van der Waals surface area contributed by atoms with Crippen LogP contribution < -0.4 is 5.32 Å². The van der Waals surface area contributed by atoms with Crippen molar-refractivity contribution < 1.29 is 14.6 Å². The fraction of sp³-hybridized carbons (Fsp3) is 0.182. The number of amides is 1. The molecule has 2 heterocycles. The van der Waals surface area contributed by atoms with Gasteiger partial charge in [0.1, 0.15) is 5.69 Å². The summed E-state index contributed by atoms with van der Waals surface area (Å²) in [4.78, 5) is 26.5. The standard InChI is InChI=1S/C22H21N3O3/c1-25-20-6-4-3-5-17(20)18-13-19(23-14-21(18)25)22(26)24-16-9-7-15(8-10-16)11-12-28-27-2/h3-10,13-14H,11-12H2,1-2H3,(H,24,26). The van der Waals surface area contributed by atoms with Crippen molar-refractivity contribution in [3.63, 3.8) is 0 Å². The number of fused-ring (bicyclic) bond motifs is 3. The molecule has 0 fully saturated rings. The maximum atomic E-state index is 12.7. The Morgan fingerprint density at radius 3 is 2.64 bits per heavy atom. The minimum atomic E-state index is -0.231. The third kappa shape index (κ3) is 3.47. The minimum Gasteiger partial charge on any atom is -0.342 e. The lowest BCUT2D eigenvalue weighted by molar-refractivity contribution is -0.271. The Bertz CT molecular complexity index is 1130. The van der Waals surface area contributed by atoms with Crippen LogP contribution in [0.15, 0.2) is 60.8 Å². The monoisotopic (exact) mass is 375 g/mol. The van der Waals surface area contributed by atoms with E-state index in [9.17, 15) is 4.79 Å². The van der Waals surface area contributed by atoms with Crippen molar-refractivity contribution in [2.45, 2.75) is 6.42 Å². The Hall–Kier alpha value is -3.22. The molecule has 4 aromatic rings. The number of aryl methyl sites for hydroxylation is 1. The molecule has 142 valence electrons. The van der Waals surface area contributed by atoms with Gasteiger partial charge in [-0.05, 0) is 36.2 Å². The molecule has 0 spiro atoms. The highest BCUT2D eigenvalue weighted by Crippen LogP contribution is 2.28. The summed E-state index contributed by atoms with van der Waals surface area (Å²) >= 11 is 0. The normalized spacial score (nSPS) is 11.2. The van der Waals surface area contributed by atoms with Crippen molar-refractivity contribution in [3.8, 4) is 0 Å². The largest absolute Gasteiger partial charge is 0.342 e. The molecule has 6 nitrogen and oxygen atoms in total. The summed E-state index contributed by atoms with van der Waals surface area (Å²) in [6.07, 6.45) is 2.49. The Labute approximate surface area is 162 Å². The number of nitrogens with zero attached hydrogens (tertiary/aromatic N) is 2. The molecule has 0 saturated carbocycles. The molecule has 2 aromatic carbocycles. The van der Waals surface area contributed by atoms with Crippen molar-refractivity contribution in [1.29, 1.82) is 0 Å². The number of rotatable bonds is 6. The maximum Gasteiger partial charge on any atom is 0.274 e. The van der Waals surface area contributed by atoms with Gasteiger partial charge < -0.3 is 9.88 Å². The zero-order valence-corrected chi connectivity index (χ0v) is 15.8. The number of aromatic nitrogens is 2. The van der Waals surface area contributed by atoms with E-state index in [-0.39, 0.29) is 5.91 Å². The van der Waals surface area contributed by atoms with Crippen LogP contribution in [0.3, 0.4) is 0 Å². The first-order chi connectivity index (χ1) is 13.7. The number of para-hydroxylation sites is 1. The van der Waals surface area contributed by atoms with Crippen LogP contribution in [0, 0.1) is 0 Å². The van der Waals surface area contributed by atoms with E-state index in [1.807, 2.05) is 49.5 Å². The lowest BCUT2D eigenvalue weighted by Crippen LogP contribution is -2.13. The van der Waals surface area contributed by atoms with Crippen LogP contribution in [0.4, 0.5) is 5.69 Å². The molecule has 1 amide bonds. The number of carbonyl (C=O) groups excluding carboxylic acids is 1. The van der Waals surface area contributed by atoms with Gasteiger partial charge in [0.25, 0.3) is 5.91 Å². The molecule has 1 N–H and O–H groups in total. The first-order valence-corrected chi connectivity index (χ1v) is 9.06. The molecule has 6 heteroatoms. The second-order valence-electron chi connectivity index (χ2n) is 6.55. The van der Waals surface area contributed by atoms with Gasteiger partial charge in [-0.25, -0.2) is 14.8 Å². The van der Waals surface area contributed by atoms with E-state index in [1.165, 1.54) is 7.11 Å². The number of pyridine rings is 1. The van der Waals surface area contributed by atoms with Crippen LogP contribution in [-0.4, -0.2) is 29.2 Å². The fourth-order valence-corrected chi connectivity index (χ4v) is 3.37. The molecule has 2 aromatic heterocycles. The Morgan fingerprint density at radius 2 is 1.86 bits per heavy atom. The topological polar surface area (TPSA) is 65.4 Å². The Kier molecular flexibility index (Phi) is 5.06. The van der Waals surface area contributed by atoms with Crippen molar-refractivity contribution in [2.24, 2.45) is 7.05 Å². The number of anilines is 1. The maximum absolute atomic E-state index is 12.7. The zero-order valence-electron chi connectivity index (χ0n) is 15.8. The minimum absolute atomic E-state index is 0.231. The third-order valence-electron chi connectivity index (χ3n) is 4.84. The summed E-state index contributed by atoms with van der Waals surface area (Å²) in [7, 11) is 3.49. The van der Waals surface area contributed by atoms with Gasteiger partial charge in [0.05, 0.1) is 25.4 Å². The molecule has 4 rings (SSSR count). The average molecular weight is 375 g/mol. The summed E-state index contributed by atoms with van der Waals surface area (Å²) in [6.45, 7) is 0.483. The van der Waals surface area contributed by atoms with Gasteiger partial charge in [0.2, 0.25) is 0 Å². The van der Waals surface area contributed by atoms with Crippen LogP contribution in [0.25, 0.3) is 21.8 Å². The first kappa shape index (κ1) is 18.2. The molecule has 0 aliphatic rings. The molecule has 0 bridgehead atoms. The zero-order chi connectivity index (χ0) is 19.5. The van der Waals surface area contributed by atoms with Crippen LogP contribution in [0.2, 0.25) is 0 Å². The van der Waals surface area contributed by atoms with Gasteiger partial charge in [-0.3, -0.25) is 4.79 Å². The van der Waals surface area contributed by atoms with Gasteiger partial charge in [-0.2, -0.15) is 0 Å². The van der Waals surface area contributed by atoms with E-state index in [2.05, 4.69) is 31.9 Å². The van der Waals surface area contributed by atoms with E-state index in [0.717, 1.165) is 39.5 Å². The van der Waals surface area contributed by atoms with Crippen LogP contribution in [-0.2, 0) is 23.2 Å². The smallest absolute Gasteiger partial charge is 0.274 e. The summed E-state index contributed by atoms with van der Waals surface area (Å²) in [5.74, 6) is -0.231. The van der Waals surface area contributed by atoms with E-state index in [4.69, 9.17) is 4.89 Å². The van der Waals surface area contributed by atoms with Gasteiger partial charge in [-0.1, -0.05) is 30.3 Å². The fourth-order valence-electron chi connectivity index (χ4n) is 3.37. The highest BCUT2D eigenvalue weighted by molar-refractivity contribution is 6.11. The predicted octanol–water partition coefficient (Wildman–Crippen LogP) is 4.10. The molecule has 0 unspecified atom stereocenters. The van der Waals surface area contributed by atoms with Crippen molar-refractivity contribution in [2.75, 3.05) is 19.0 Å². The van der Waals surface area contributed by atoms with Gasteiger partial charge in [0, 0.05) is 29.0 Å². The summed E-state index contributed by atoms with van der Waals surface area (Å²) in [5.41, 5.74) is 4.33. The van der Waals surface area contributed by atoms with Gasteiger partial charge in [-0.15, -0.1) is 0 Å². The average Bonchev–Trinajstić information content (AvgIpc) is 3.02. The molecule has 0 saturated heterocycles. The van der Waals surface area contributed by atoms with E-state index in [1.54, 1.807) is 6.20 Å². The Balaban J connectivity index is 1.55. The molecule has 0 aliphatic carbocycles. The SMILES string of the molecule is COOCCc1ccc(NC(=O)c2cc3c4ccccc4n(C)c3cn2)cc1. The highest BCUT2D eigenvalue weighted by atomic mass is 17.2. The summed E-state index contributed by atoms with van der Waals surface area (Å²) in [5, 5.41) is 5.04. The number of hydrogen-bond acceptors (Lipinski definition) is 4. The van der Waals surface area contributed by atoms with Crippen molar-refractivity contribution in [1.82, 2.24) is 9.55 Å². The first-order valence-electron chi connectivity index (χ1n) is 9.06. The summed E-state index contributed by atoms with van der Waals surface area (Å²) in [6, 6.07) is 17.6. The molecular formula is C22H21N3O3. The van der Waals surface area contributed by atoms with Crippen LogP contribution >= 0.6 is 0 Å². The van der Waals surface area contributed by atoms with Crippen LogP contribution in [0.5, 0.6) is 0 Å². The summed E-state index contributed by atoms with van der Waals surface area (Å²) < 4.78 is 2.09. The van der Waals surface area contributed by atoms with Crippen molar-refractivity contribution >= 4 is 33.4 Å². The number of carbonyl (C=O) groups is 1. The lowest BCUT2D eigenvalue weighted by Gasteiger charge is -2.07. The van der Waals surface area contributed by atoms with Crippen LogP contribution in [0.1, 0.15) is 16.1 Å². The molecule has 28 heavy (non-hydrogen) atoms. The Morgan fingerprint density at radius 1 is 1.07 bits per heavy atom. The lowest BCUT2D eigenvalue weighted by atomic mass is 10.1. The van der Waals surface area contributed by atoms with E-state index >= 15 is 0 Å². The number of hydrogen-bond donors (Lipinski definition) is 1. The number of benzene rings is 2. The van der Waals surface area contributed by atoms with Gasteiger partial charge in [0.15, 0.2) is 0 Å². The predicted molar refractivity (Wildman–Crippen MR) is 109 cm³/mol. The molecule has 0 atom stereocenters. The highest BCUT2D eigenvalue weighted by Gasteiger charge is 2.13. The number of nitrogens with one attached hydrogen (secondary N) is 1. The second kappa shape index (κ2) is 7.80. The molecule has 0 radical (unpaired) electrons. The second-order valence-corrected chi connectivity index (χ2v) is 6.55. The van der Waals surface area contributed by atoms with E-state index in [0.29, 0.717) is 12.3 Å². The van der Waals surface area contributed by atoms with E-state index < -0.39 is 0 Å². The van der Waals surface area contributed by atoms with Crippen molar-refractivity contribution in [3.05, 3.63) is 72.1 Å².